The molecule has 0 aliphatic rings. The molecule has 1 N–H and O–H groups in total. The monoisotopic (exact) mass is 245 g/mol. The second kappa shape index (κ2) is 4.64. The van der Waals surface area contributed by atoms with Gasteiger partial charge >= 0.3 is 0 Å². The second-order valence-corrected chi connectivity index (χ2v) is 4.24. The van der Waals surface area contributed by atoms with E-state index >= 15 is 0 Å². The van der Waals surface area contributed by atoms with Crippen molar-refractivity contribution in [3.8, 4) is 5.75 Å². The van der Waals surface area contributed by atoms with Gasteiger partial charge < -0.3 is 10.1 Å². The lowest BCUT2D eigenvalue weighted by Gasteiger charge is -2.14. The van der Waals surface area contributed by atoms with Crippen LogP contribution in [0.2, 0.25) is 0 Å². The van der Waals surface area contributed by atoms with E-state index in [2.05, 4.69) is 5.32 Å². The molecular weight excluding hydrogens is 230 g/mol. The van der Waals surface area contributed by atoms with Crippen LogP contribution >= 0.6 is 0 Å². The third kappa shape index (κ3) is 2.01. The van der Waals surface area contributed by atoms with Gasteiger partial charge in [0.1, 0.15) is 5.69 Å². The van der Waals surface area contributed by atoms with Crippen molar-refractivity contribution >= 4 is 11.4 Å². The van der Waals surface area contributed by atoms with E-state index in [9.17, 15) is 9.59 Å². The molecule has 0 aliphatic heterocycles. The Morgan fingerprint density at radius 3 is 2.50 bits per heavy atom. The number of anilines is 2. The van der Waals surface area contributed by atoms with Gasteiger partial charge in [0.25, 0.3) is 10.9 Å². The third-order valence-corrected chi connectivity index (χ3v) is 2.80. The van der Waals surface area contributed by atoms with Gasteiger partial charge in [-0.05, 0) is 32.4 Å². The first-order valence-electron chi connectivity index (χ1n) is 5.85. The fraction of sp³-hybridized carbons (Fsp3) is 0.286. The SMILES string of the molecule is CCOc1c(Nc2ccc(C)cc2C)c(=O)c1=O. The third-order valence-electron chi connectivity index (χ3n) is 2.80. The first-order valence-corrected chi connectivity index (χ1v) is 5.85. The van der Waals surface area contributed by atoms with Crippen LogP contribution in [0.25, 0.3) is 0 Å². The maximum Gasteiger partial charge on any atom is 0.272 e. The van der Waals surface area contributed by atoms with Gasteiger partial charge in [-0.3, -0.25) is 9.59 Å². The normalized spacial score (nSPS) is 10.6. The summed E-state index contributed by atoms with van der Waals surface area (Å²) in [6, 6.07) is 5.84. The topological polar surface area (TPSA) is 55.4 Å². The predicted octanol–water partition coefficient (Wildman–Crippen LogP) is 2.04. The standard InChI is InChI=1S/C14H15NO3/c1-4-18-14-11(12(16)13(14)17)15-10-6-5-8(2)7-9(10)3/h5-7,15H,4H2,1-3H3. The number of hydrogen-bond acceptors (Lipinski definition) is 4. The predicted molar refractivity (Wildman–Crippen MR) is 71.7 cm³/mol. The first-order chi connectivity index (χ1) is 8.54. The lowest BCUT2D eigenvalue weighted by atomic mass is 10.1. The number of benzene rings is 1. The lowest BCUT2D eigenvalue weighted by Crippen LogP contribution is -2.35. The molecule has 0 saturated carbocycles. The molecule has 2 aromatic carbocycles. The van der Waals surface area contributed by atoms with Crippen LogP contribution in [-0.2, 0) is 0 Å². The van der Waals surface area contributed by atoms with Crippen molar-refractivity contribution < 1.29 is 4.74 Å². The summed E-state index contributed by atoms with van der Waals surface area (Å²) in [5.41, 5.74) is 2.17. The summed E-state index contributed by atoms with van der Waals surface area (Å²) in [7, 11) is 0. The zero-order valence-electron chi connectivity index (χ0n) is 10.7. The van der Waals surface area contributed by atoms with Gasteiger partial charge in [-0.2, -0.15) is 0 Å². The van der Waals surface area contributed by atoms with Gasteiger partial charge in [-0.1, -0.05) is 17.7 Å². The fourth-order valence-electron chi connectivity index (χ4n) is 1.85. The summed E-state index contributed by atoms with van der Waals surface area (Å²) in [6.07, 6.45) is 0. The molecule has 4 heteroatoms. The minimum atomic E-state index is -0.552. The average Bonchev–Trinajstić information content (AvgIpc) is 2.35. The molecule has 0 fully saturated rings. The molecule has 0 aromatic heterocycles. The summed E-state index contributed by atoms with van der Waals surface area (Å²) in [5.74, 6) is 0.141. The highest BCUT2D eigenvalue weighted by atomic mass is 16.5. The molecule has 0 amide bonds. The van der Waals surface area contributed by atoms with E-state index in [0.717, 1.165) is 16.8 Å². The van der Waals surface area contributed by atoms with E-state index in [0.29, 0.717) is 6.61 Å². The lowest BCUT2D eigenvalue weighted by molar-refractivity contribution is 0.335. The van der Waals surface area contributed by atoms with E-state index in [1.165, 1.54) is 0 Å². The Bertz CT molecular complexity index is 651. The fourth-order valence-corrected chi connectivity index (χ4v) is 1.85. The van der Waals surface area contributed by atoms with Crippen LogP contribution in [0.4, 0.5) is 11.4 Å². The smallest absolute Gasteiger partial charge is 0.272 e. The van der Waals surface area contributed by atoms with E-state index in [1.807, 2.05) is 32.0 Å². The van der Waals surface area contributed by atoms with Crippen LogP contribution in [-0.4, -0.2) is 6.61 Å². The molecule has 0 atom stereocenters. The molecule has 2 rings (SSSR count). The summed E-state index contributed by atoms with van der Waals surface area (Å²) in [6.45, 7) is 6.09. The Morgan fingerprint density at radius 1 is 1.17 bits per heavy atom. The Kier molecular flexibility index (Phi) is 3.19. The van der Waals surface area contributed by atoms with Crippen molar-refractivity contribution in [2.24, 2.45) is 0 Å². The minimum absolute atomic E-state index is 0.141. The number of ether oxygens (including phenoxy) is 1. The van der Waals surface area contributed by atoms with Gasteiger partial charge in [-0.25, -0.2) is 0 Å². The van der Waals surface area contributed by atoms with Crippen molar-refractivity contribution in [3.63, 3.8) is 0 Å². The summed E-state index contributed by atoms with van der Waals surface area (Å²) in [5, 5.41) is 2.97. The molecule has 4 nitrogen and oxygen atoms in total. The van der Waals surface area contributed by atoms with Crippen molar-refractivity contribution in [2.45, 2.75) is 20.8 Å². The van der Waals surface area contributed by atoms with E-state index in [1.54, 1.807) is 6.92 Å². The van der Waals surface area contributed by atoms with E-state index in [-0.39, 0.29) is 11.4 Å². The van der Waals surface area contributed by atoms with Crippen LogP contribution in [0.3, 0.4) is 0 Å². The van der Waals surface area contributed by atoms with E-state index < -0.39 is 10.9 Å². The zero-order valence-corrected chi connectivity index (χ0v) is 10.7. The molecule has 0 saturated heterocycles. The van der Waals surface area contributed by atoms with Crippen molar-refractivity contribution in [1.82, 2.24) is 0 Å². The van der Waals surface area contributed by atoms with Gasteiger partial charge in [0.15, 0.2) is 5.75 Å². The second-order valence-electron chi connectivity index (χ2n) is 4.24. The number of rotatable bonds is 4. The molecule has 0 aliphatic carbocycles. The summed E-state index contributed by atoms with van der Waals surface area (Å²) < 4.78 is 5.16. The van der Waals surface area contributed by atoms with Crippen molar-refractivity contribution in [3.05, 3.63) is 49.8 Å². The molecule has 0 spiro atoms. The molecule has 0 bridgehead atoms. The molecule has 18 heavy (non-hydrogen) atoms. The molecule has 2 aromatic rings. The summed E-state index contributed by atoms with van der Waals surface area (Å²) in [4.78, 5) is 22.8. The van der Waals surface area contributed by atoms with Crippen LogP contribution in [0, 0.1) is 13.8 Å². The highest BCUT2D eigenvalue weighted by Gasteiger charge is 2.22. The van der Waals surface area contributed by atoms with Crippen LogP contribution in [0.1, 0.15) is 18.1 Å². The van der Waals surface area contributed by atoms with Gasteiger partial charge in [0, 0.05) is 5.69 Å². The minimum Gasteiger partial charge on any atom is -0.488 e. The molecule has 0 heterocycles. The number of hydrogen-bond donors (Lipinski definition) is 1. The maximum absolute atomic E-state index is 11.5. The molecule has 94 valence electrons. The first kappa shape index (κ1) is 12.4. The van der Waals surface area contributed by atoms with Crippen molar-refractivity contribution in [1.29, 1.82) is 0 Å². The van der Waals surface area contributed by atoms with Crippen LogP contribution in [0.15, 0.2) is 27.8 Å². The Hall–Kier alpha value is -2.10. The Balaban J connectivity index is 2.32. The molecular formula is C14H15NO3. The Labute approximate surface area is 105 Å². The van der Waals surface area contributed by atoms with Crippen LogP contribution in [0.5, 0.6) is 5.75 Å². The Morgan fingerprint density at radius 2 is 1.89 bits per heavy atom. The van der Waals surface area contributed by atoms with Gasteiger partial charge in [0.2, 0.25) is 0 Å². The number of nitrogens with one attached hydrogen (secondary N) is 1. The van der Waals surface area contributed by atoms with Crippen LogP contribution < -0.4 is 20.9 Å². The molecule has 0 radical (unpaired) electrons. The van der Waals surface area contributed by atoms with Gasteiger partial charge in [-0.15, -0.1) is 0 Å². The number of aryl methyl sites for hydroxylation is 2. The van der Waals surface area contributed by atoms with Crippen molar-refractivity contribution in [2.75, 3.05) is 11.9 Å². The maximum atomic E-state index is 11.5. The van der Waals surface area contributed by atoms with Gasteiger partial charge in [0.05, 0.1) is 6.61 Å². The zero-order chi connectivity index (χ0) is 13.3. The highest BCUT2D eigenvalue weighted by molar-refractivity contribution is 5.71. The van der Waals surface area contributed by atoms with E-state index in [4.69, 9.17) is 4.74 Å². The molecule has 0 unspecified atom stereocenters. The highest BCUT2D eigenvalue weighted by Crippen LogP contribution is 2.25. The quantitative estimate of drug-likeness (QED) is 0.837. The largest absolute Gasteiger partial charge is 0.488 e. The average molecular weight is 245 g/mol. The summed E-state index contributed by atoms with van der Waals surface area (Å²) >= 11 is 0.